The van der Waals surface area contributed by atoms with E-state index in [1.54, 1.807) is 6.20 Å². The molecule has 0 amide bonds. The highest BCUT2D eigenvalue weighted by Gasteiger charge is 2.20. The predicted octanol–water partition coefficient (Wildman–Crippen LogP) is 2.56. The fraction of sp³-hybridized carbons (Fsp3) is 0.462. The zero-order valence-corrected chi connectivity index (χ0v) is 11.7. The number of aromatic nitrogens is 3. The molecule has 1 N–H and O–H groups in total. The maximum atomic E-state index is 4.24. The van der Waals surface area contributed by atoms with Crippen molar-refractivity contribution >= 4 is 11.5 Å². The third-order valence-electron chi connectivity index (χ3n) is 2.91. The van der Waals surface area contributed by atoms with Crippen LogP contribution >= 0.6 is 11.5 Å². The smallest absolute Gasteiger partial charge is 0.0829 e. The van der Waals surface area contributed by atoms with Gasteiger partial charge >= 0.3 is 0 Å². The Bertz CT molecular complexity index is 481. The molecular weight excluding hydrogens is 244 g/mol. The highest BCUT2D eigenvalue weighted by molar-refractivity contribution is 7.05. The van der Waals surface area contributed by atoms with Gasteiger partial charge in [-0.15, -0.1) is 5.10 Å². The standard InChI is InChI=1S/C13H18N4S/c1-9(2)12-13(18-17-16-12)11(14-3)7-10-5-4-6-15-8-10/h4-6,8-9,11,14H,7H2,1-3H3. The number of pyridine rings is 1. The van der Waals surface area contributed by atoms with Gasteiger partial charge in [0.25, 0.3) is 0 Å². The highest BCUT2D eigenvalue weighted by atomic mass is 32.1. The summed E-state index contributed by atoms with van der Waals surface area (Å²) in [6.45, 7) is 4.30. The lowest BCUT2D eigenvalue weighted by atomic mass is 10.0. The Kier molecular flexibility index (Phi) is 4.38. The Labute approximate surface area is 112 Å². The van der Waals surface area contributed by atoms with Crippen LogP contribution in [0.5, 0.6) is 0 Å². The quantitative estimate of drug-likeness (QED) is 0.899. The van der Waals surface area contributed by atoms with Crippen molar-refractivity contribution in [3.63, 3.8) is 0 Å². The summed E-state index contributed by atoms with van der Waals surface area (Å²) < 4.78 is 4.09. The maximum Gasteiger partial charge on any atom is 0.0829 e. The number of rotatable bonds is 5. The molecule has 0 aliphatic rings. The van der Waals surface area contributed by atoms with E-state index in [0.717, 1.165) is 12.1 Å². The van der Waals surface area contributed by atoms with Gasteiger partial charge in [0.2, 0.25) is 0 Å². The van der Waals surface area contributed by atoms with Crippen molar-refractivity contribution < 1.29 is 0 Å². The van der Waals surface area contributed by atoms with Crippen molar-refractivity contribution in [2.75, 3.05) is 7.05 Å². The van der Waals surface area contributed by atoms with E-state index in [1.165, 1.54) is 22.0 Å². The molecule has 5 heteroatoms. The van der Waals surface area contributed by atoms with Crippen molar-refractivity contribution in [1.29, 1.82) is 0 Å². The lowest BCUT2D eigenvalue weighted by Gasteiger charge is -2.16. The lowest BCUT2D eigenvalue weighted by Crippen LogP contribution is -2.19. The van der Waals surface area contributed by atoms with Gasteiger partial charge in [0.05, 0.1) is 10.6 Å². The summed E-state index contributed by atoms with van der Waals surface area (Å²) in [4.78, 5) is 5.39. The van der Waals surface area contributed by atoms with E-state index < -0.39 is 0 Å². The van der Waals surface area contributed by atoms with Gasteiger partial charge in [0, 0.05) is 18.4 Å². The molecule has 2 rings (SSSR count). The number of hydrogen-bond donors (Lipinski definition) is 1. The Hall–Kier alpha value is -1.33. The molecule has 18 heavy (non-hydrogen) atoms. The van der Waals surface area contributed by atoms with Crippen LogP contribution in [-0.4, -0.2) is 21.6 Å². The van der Waals surface area contributed by atoms with E-state index in [1.807, 2.05) is 19.3 Å². The third kappa shape index (κ3) is 2.91. The first-order valence-corrected chi connectivity index (χ1v) is 6.88. The molecule has 0 saturated carbocycles. The van der Waals surface area contributed by atoms with Gasteiger partial charge in [-0.2, -0.15) is 0 Å². The SMILES string of the molecule is CNC(Cc1cccnc1)c1snnc1C(C)C. The minimum atomic E-state index is 0.256. The molecule has 0 aromatic carbocycles. The van der Waals surface area contributed by atoms with Crippen molar-refractivity contribution in [1.82, 2.24) is 19.9 Å². The van der Waals surface area contributed by atoms with Gasteiger partial charge in [0.1, 0.15) is 0 Å². The molecule has 0 radical (unpaired) electrons. The van der Waals surface area contributed by atoms with E-state index >= 15 is 0 Å². The highest BCUT2D eigenvalue weighted by Crippen LogP contribution is 2.28. The molecule has 2 aromatic rings. The predicted molar refractivity (Wildman–Crippen MR) is 73.7 cm³/mol. The minimum absolute atomic E-state index is 0.256. The second kappa shape index (κ2) is 6.02. The van der Waals surface area contributed by atoms with Crippen molar-refractivity contribution in [3.8, 4) is 0 Å². The van der Waals surface area contributed by atoms with Crippen LogP contribution in [0, 0.1) is 0 Å². The van der Waals surface area contributed by atoms with E-state index in [2.05, 4.69) is 39.8 Å². The minimum Gasteiger partial charge on any atom is -0.312 e. The van der Waals surface area contributed by atoms with Crippen molar-refractivity contribution in [3.05, 3.63) is 40.7 Å². The summed E-state index contributed by atoms with van der Waals surface area (Å²) in [5.74, 6) is 0.406. The molecule has 0 spiro atoms. The fourth-order valence-corrected chi connectivity index (χ4v) is 2.84. The van der Waals surface area contributed by atoms with E-state index in [-0.39, 0.29) is 6.04 Å². The van der Waals surface area contributed by atoms with E-state index in [9.17, 15) is 0 Å². The van der Waals surface area contributed by atoms with Crippen LogP contribution in [0.25, 0.3) is 0 Å². The summed E-state index contributed by atoms with van der Waals surface area (Å²) in [5.41, 5.74) is 2.32. The molecule has 1 unspecified atom stereocenters. The van der Waals surface area contributed by atoms with Crippen LogP contribution in [0.1, 0.15) is 41.9 Å². The van der Waals surface area contributed by atoms with Crippen molar-refractivity contribution in [2.45, 2.75) is 32.2 Å². The summed E-state index contributed by atoms with van der Waals surface area (Å²) >= 11 is 1.49. The zero-order chi connectivity index (χ0) is 13.0. The molecule has 2 aromatic heterocycles. The summed E-state index contributed by atoms with van der Waals surface area (Å²) in [6, 6.07) is 4.32. The fourth-order valence-electron chi connectivity index (χ4n) is 1.93. The van der Waals surface area contributed by atoms with Crippen LogP contribution in [0.2, 0.25) is 0 Å². The van der Waals surface area contributed by atoms with Crippen LogP contribution in [0.4, 0.5) is 0 Å². The second-order valence-corrected chi connectivity index (χ2v) is 5.37. The number of nitrogens with zero attached hydrogens (tertiary/aromatic N) is 3. The molecule has 0 fully saturated rings. The molecule has 2 heterocycles. The van der Waals surface area contributed by atoms with Crippen LogP contribution < -0.4 is 5.32 Å². The average Bonchev–Trinajstić information content (AvgIpc) is 2.86. The third-order valence-corrected chi connectivity index (χ3v) is 3.77. The van der Waals surface area contributed by atoms with E-state index in [4.69, 9.17) is 0 Å². The normalized spacial score (nSPS) is 12.9. The first-order chi connectivity index (χ1) is 8.72. The average molecular weight is 262 g/mol. The van der Waals surface area contributed by atoms with Crippen LogP contribution in [-0.2, 0) is 6.42 Å². The number of likely N-dealkylation sites (N-methyl/N-ethyl adjacent to an activating group) is 1. The van der Waals surface area contributed by atoms with Gasteiger partial charge in [-0.25, -0.2) is 0 Å². The van der Waals surface area contributed by atoms with Gasteiger partial charge < -0.3 is 5.32 Å². The van der Waals surface area contributed by atoms with Gasteiger partial charge in [-0.05, 0) is 42.5 Å². The topological polar surface area (TPSA) is 50.7 Å². The first-order valence-electron chi connectivity index (χ1n) is 6.10. The maximum absolute atomic E-state index is 4.24. The van der Waals surface area contributed by atoms with E-state index in [0.29, 0.717) is 5.92 Å². The summed E-state index contributed by atoms with van der Waals surface area (Å²) in [5, 5.41) is 7.59. The molecule has 0 aliphatic carbocycles. The molecular formula is C13H18N4S. The molecule has 0 aliphatic heterocycles. The number of hydrogen-bond acceptors (Lipinski definition) is 5. The lowest BCUT2D eigenvalue weighted by molar-refractivity contribution is 0.588. The van der Waals surface area contributed by atoms with Crippen molar-refractivity contribution in [2.24, 2.45) is 0 Å². The Morgan fingerprint density at radius 1 is 1.39 bits per heavy atom. The molecule has 1 atom stereocenters. The molecule has 4 nitrogen and oxygen atoms in total. The summed E-state index contributed by atoms with van der Waals surface area (Å²) in [7, 11) is 1.98. The molecule has 0 saturated heterocycles. The van der Waals surface area contributed by atoms with Gasteiger partial charge in [-0.1, -0.05) is 24.4 Å². The molecule has 96 valence electrons. The summed E-state index contributed by atoms with van der Waals surface area (Å²) in [6.07, 6.45) is 4.62. The Morgan fingerprint density at radius 3 is 2.83 bits per heavy atom. The Morgan fingerprint density at radius 2 is 2.22 bits per heavy atom. The number of nitrogens with one attached hydrogen (secondary N) is 1. The van der Waals surface area contributed by atoms with Crippen LogP contribution in [0.3, 0.4) is 0 Å². The van der Waals surface area contributed by atoms with Crippen LogP contribution in [0.15, 0.2) is 24.5 Å². The zero-order valence-electron chi connectivity index (χ0n) is 10.9. The van der Waals surface area contributed by atoms with Gasteiger partial charge in [-0.3, -0.25) is 4.98 Å². The molecule has 0 bridgehead atoms. The van der Waals surface area contributed by atoms with Gasteiger partial charge in [0.15, 0.2) is 0 Å². The second-order valence-electron chi connectivity index (χ2n) is 4.58. The Balaban J connectivity index is 2.21. The monoisotopic (exact) mass is 262 g/mol. The largest absolute Gasteiger partial charge is 0.312 e. The first kappa shape index (κ1) is 13.1.